The van der Waals surface area contributed by atoms with Crippen LogP contribution < -0.4 is 10.0 Å². The molecule has 3 aromatic rings. The Balaban J connectivity index is 1.66. The molecule has 0 saturated carbocycles. The van der Waals surface area contributed by atoms with E-state index in [1.54, 1.807) is 0 Å². The fourth-order valence-corrected chi connectivity index (χ4v) is 4.26. The van der Waals surface area contributed by atoms with Crippen LogP contribution in [0.4, 0.5) is 0 Å². The van der Waals surface area contributed by atoms with E-state index in [4.69, 9.17) is 4.74 Å². The number of rotatable bonds is 10. The SMILES string of the molecule is CCC(CC)OC(=O)c1ccc(C(=O)NS(=O)(=O)c2cccc(C(=O)NCc3ccccc3)c2)cn1. The minimum Gasteiger partial charge on any atom is -0.458 e. The number of sulfonamides is 1. The number of pyridine rings is 1. The van der Waals surface area contributed by atoms with Gasteiger partial charge in [0.1, 0.15) is 11.8 Å². The number of aromatic nitrogens is 1. The first kappa shape index (κ1) is 26.6. The number of carbonyl (C=O) groups excluding carboxylic acids is 3. The van der Waals surface area contributed by atoms with Gasteiger partial charge in [0.05, 0.1) is 10.5 Å². The first-order valence-electron chi connectivity index (χ1n) is 11.4. The molecule has 0 radical (unpaired) electrons. The van der Waals surface area contributed by atoms with Gasteiger partial charge in [-0.05, 0) is 48.7 Å². The molecular formula is C26H27N3O6S. The number of nitrogens with one attached hydrogen (secondary N) is 2. The van der Waals surface area contributed by atoms with Crippen molar-refractivity contribution in [1.82, 2.24) is 15.0 Å². The lowest BCUT2D eigenvalue weighted by molar-refractivity contribution is 0.0277. The predicted molar refractivity (Wildman–Crippen MR) is 133 cm³/mol. The molecule has 0 saturated heterocycles. The summed E-state index contributed by atoms with van der Waals surface area (Å²) in [5, 5.41) is 2.73. The van der Waals surface area contributed by atoms with Gasteiger partial charge in [-0.15, -0.1) is 0 Å². The molecule has 1 aromatic heterocycles. The zero-order valence-corrected chi connectivity index (χ0v) is 20.7. The van der Waals surface area contributed by atoms with Crippen molar-refractivity contribution < 1.29 is 27.5 Å². The van der Waals surface area contributed by atoms with Gasteiger partial charge in [-0.3, -0.25) is 9.59 Å². The summed E-state index contributed by atoms with van der Waals surface area (Å²) in [7, 11) is -4.28. The largest absolute Gasteiger partial charge is 0.458 e. The lowest BCUT2D eigenvalue weighted by Crippen LogP contribution is -2.31. The van der Waals surface area contributed by atoms with Crippen molar-refractivity contribution in [3.8, 4) is 0 Å². The average Bonchev–Trinajstić information content (AvgIpc) is 2.90. The van der Waals surface area contributed by atoms with Gasteiger partial charge in [0.2, 0.25) is 0 Å². The highest BCUT2D eigenvalue weighted by molar-refractivity contribution is 7.90. The lowest BCUT2D eigenvalue weighted by Gasteiger charge is -2.13. The van der Waals surface area contributed by atoms with Crippen LogP contribution in [0.5, 0.6) is 0 Å². The Bertz CT molecular complexity index is 1320. The molecule has 10 heteroatoms. The van der Waals surface area contributed by atoms with E-state index in [2.05, 4.69) is 10.3 Å². The van der Waals surface area contributed by atoms with Gasteiger partial charge in [0, 0.05) is 18.3 Å². The normalized spacial score (nSPS) is 11.1. The van der Waals surface area contributed by atoms with Crippen LogP contribution in [0.2, 0.25) is 0 Å². The van der Waals surface area contributed by atoms with E-state index in [1.807, 2.05) is 48.9 Å². The Morgan fingerprint density at radius 1 is 0.889 bits per heavy atom. The number of carbonyl (C=O) groups is 3. The molecule has 0 atom stereocenters. The summed E-state index contributed by atoms with van der Waals surface area (Å²) in [4.78, 5) is 40.9. The molecule has 9 nitrogen and oxygen atoms in total. The molecule has 36 heavy (non-hydrogen) atoms. The molecular weight excluding hydrogens is 482 g/mol. The number of hydrogen-bond acceptors (Lipinski definition) is 7. The Kier molecular flexibility index (Phi) is 8.91. The molecule has 0 spiro atoms. The summed E-state index contributed by atoms with van der Waals surface area (Å²) >= 11 is 0. The first-order chi connectivity index (χ1) is 17.2. The molecule has 0 aliphatic heterocycles. The minimum absolute atomic E-state index is 0.00974. The average molecular weight is 510 g/mol. The second-order valence-corrected chi connectivity index (χ2v) is 9.59. The Morgan fingerprint density at radius 2 is 1.61 bits per heavy atom. The van der Waals surface area contributed by atoms with Crippen molar-refractivity contribution in [2.45, 2.75) is 44.2 Å². The fourth-order valence-electron chi connectivity index (χ4n) is 3.24. The molecule has 0 aliphatic carbocycles. The highest BCUT2D eigenvalue weighted by atomic mass is 32.2. The van der Waals surface area contributed by atoms with Crippen LogP contribution in [0.1, 0.15) is 63.5 Å². The van der Waals surface area contributed by atoms with Gasteiger partial charge >= 0.3 is 5.97 Å². The highest BCUT2D eigenvalue weighted by Gasteiger charge is 2.21. The summed E-state index contributed by atoms with van der Waals surface area (Å²) in [6.07, 6.45) is 2.19. The highest BCUT2D eigenvalue weighted by Crippen LogP contribution is 2.14. The van der Waals surface area contributed by atoms with Gasteiger partial charge in [-0.1, -0.05) is 50.2 Å². The molecule has 0 unspecified atom stereocenters. The van der Waals surface area contributed by atoms with Crippen LogP contribution in [0, 0.1) is 0 Å². The van der Waals surface area contributed by atoms with Crippen LogP contribution in [0.3, 0.4) is 0 Å². The van der Waals surface area contributed by atoms with Crippen LogP contribution in [0.15, 0.2) is 77.8 Å². The van der Waals surface area contributed by atoms with E-state index in [9.17, 15) is 22.8 Å². The van der Waals surface area contributed by atoms with Crippen molar-refractivity contribution >= 4 is 27.8 Å². The van der Waals surface area contributed by atoms with Crippen molar-refractivity contribution in [1.29, 1.82) is 0 Å². The standard InChI is InChI=1S/C26H27N3O6S/c1-3-21(4-2)35-26(32)23-14-13-20(17-27-23)25(31)29-36(33,34)22-12-8-11-19(15-22)24(30)28-16-18-9-6-5-7-10-18/h5-15,17,21H,3-4,16H2,1-2H3,(H,28,30)(H,29,31). The zero-order valence-electron chi connectivity index (χ0n) is 19.9. The summed E-state index contributed by atoms with van der Waals surface area (Å²) in [5.74, 6) is -2.01. The quantitative estimate of drug-likeness (QED) is 0.400. The summed E-state index contributed by atoms with van der Waals surface area (Å²) in [6, 6.07) is 17.2. The second kappa shape index (κ2) is 12.1. The van der Waals surface area contributed by atoms with Crippen LogP contribution in [0.25, 0.3) is 0 Å². The fraction of sp³-hybridized carbons (Fsp3) is 0.231. The second-order valence-electron chi connectivity index (χ2n) is 7.91. The maximum atomic E-state index is 12.8. The molecule has 0 aliphatic rings. The third-order valence-corrected chi connectivity index (χ3v) is 6.68. The topological polar surface area (TPSA) is 132 Å². The van der Waals surface area contributed by atoms with Gasteiger partial charge in [0.25, 0.3) is 21.8 Å². The third kappa shape index (κ3) is 6.98. The summed E-state index contributed by atoms with van der Waals surface area (Å²) < 4.78 is 32.8. The number of ether oxygens (including phenoxy) is 1. The van der Waals surface area contributed by atoms with Crippen LogP contribution in [-0.4, -0.2) is 37.3 Å². The first-order valence-corrected chi connectivity index (χ1v) is 12.9. The van der Waals surface area contributed by atoms with Gasteiger partial charge in [-0.25, -0.2) is 22.9 Å². The molecule has 0 fully saturated rings. The molecule has 2 N–H and O–H groups in total. The predicted octanol–water partition coefficient (Wildman–Crippen LogP) is 3.48. The van der Waals surface area contributed by atoms with E-state index in [0.29, 0.717) is 12.8 Å². The van der Waals surface area contributed by atoms with Crippen molar-refractivity contribution in [2.24, 2.45) is 0 Å². The van der Waals surface area contributed by atoms with Crippen LogP contribution in [-0.2, 0) is 21.3 Å². The van der Waals surface area contributed by atoms with E-state index >= 15 is 0 Å². The number of nitrogens with zero attached hydrogens (tertiary/aromatic N) is 1. The smallest absolute Gasteiger partial charge is 0.357 e. The molecule has 2 aromatic carbocycles. The number of benzene rings is 2. The van der Waals surface area contributed by atoms with Crippen LogP contribution >= 0.6 is 0 Å². The Hall–Kier alpha value is -4.05. The van der Waals surface area contributed by atoms with E-state index in [1.165, 1.54) is 36.4 Å². The summed E-state index contributed by atoms with van der Waals surface area (Å²) in [5.41, 5.74) is 0.971. The Morgan fingerprint density at radius 3 is 2.25 bits per heavy atom. The summed E-state index contributed by atoms with van der Waals surface area (Å²) in [6.45, 7) is 4.08. The molecule has 3 rings (SSSR count). The monoisotopic (exact) mass is 509 g/mol. The maximum absolute atomic E-state index is 12.8. The van der Waals surface area contributed by atoms with Crippen molar-refractivity contribution in [3.63, 3.8) is 0 Å². The Labute approximate surface area is 210 Å². The van der Waals surface area contributed by atoms with Crippen molar-refractivity contribution in [2.75, 3.05) is 0 Å². The lowest BCUT2D eigenvalue weighted by atomic mass is 10.2. The number of hydrogen-bond donors (Lipinski definition) is 2. The maximum Gasteiger partial charge on any atom is 0.357 e. The van der Waals surface area contributed by atoms with Gasteiger partial charge < -0.3 is 10.1 Å². The van der Waals surface area contributed by atoms with Gasteiger partial charge in [-0.2, -0.15) is 0 Å². The van der Waals surface area contributed by atoms with E-state index < -0.39 is 27.8 Å². The third-order valence-electron chi connectivity index (χ3n) is 5.35. The van der Waals surface area contributed by atoms with Crippen molar-refractivity contribution in [3.05, 3.63) is 95.3 Å². The molecule has 188 valence electrons. The minimum atomic E-state index is -4.28. The number of amides is 2. The number of esters is 1. The molecule has 0 bridgehead atoms. The van der Waals surface area contributed by atoms with E-state index in [-0.39, 0.29) is 34.4 Å². The molecule has 2 amide bonds. The van der Waals surface area contributed by atoms with E-state index in [0.717, 1.165) is 11.8 Å². The van der Waals surface area contributed by atoms with Gasteiger partial charge in [0.15, 0.2) is 0 Å². The zero-order chi connectivity index (χ0) is 26.1. The molecule has 1 heterocycles.